The third-order valence-electron chi connectivity index (χ3n) is 3.24. The van der Waals surface area contributed by atoms with Crippen molar-refractivity contribution in [1.82, 2.24) is 4.90 Å². The van der Waals surface area contributed by atoms with Gasteiger partial charge in [0.1, 0.15) is 5.76 Å². The smallest absolute Gasteiger partial charge is 0.254 e. The highest BCUT2D eigenvalue weighted by Crippen LogP contribution is 2.18. The third-order valence-corrected chi connectivity index (χ3v) is 4.21. The molecule has 0 aliphatic carbocycles. The largest absolute Gasteiger partial charge is 0.467 e. The van der Waals surface area contributed by atoms with Crippen LogP contribution in [0.4, 0.5) is 0 Å². The average Bonchev–Trinajstić information content (AvgIpc) is 3.19. The summed E-state index contributed by atoms with van der Waals surface area (Å²) in [4.78, 5) is 14.5. The molecule has 0 fully saturated rings. The summed E-state index contributed by atoms with van der Waals surface area (Å²) >= 11 is 7.61. The molecule has 3 rings (SSSR count). The Morgan fingerprint density at radius 3 is 2.77 bits per heavy atom. The summed E-state index contributed by atoms with van der Waals surface area (Å²) in [5.41, 5.74) is 1.68. The number of nitrogens with zero attached hydrogens (tertiary/aromatic N) is 1. The van der Waals surface area contributed by atoms with Crippen molar-refractivity contribution in [2.45, 2.75) is 13.1 Å². The molecule has 1 amide bonds. The van der Waals surface area contributed by atoms with Crippen LogP contribution in [0.1, 0.15) is 21.7 Å². The molecule has 5 heteroatoms. The molecule has 112 valence electrons. The summed E-state index contributed by atoms with van der Waals surface area (Å²) < 4.78 is 5.38. The summed E-state index contributed by atoms with van der Waals surface area (Å²) in [5.74, 6) is 0.690. The lowest BCUT2D eigenvalue weighted by molar-refractivity contribution is 0.0718. The van der Waals surface area contributed by atoms with Gasteiger partial charge in [-0.2, -0.15) is 11.3 Å². The zero-order chi connectivity index (χ0) is 15.4. The van der Waals surface area contributed by atoms with E-state index in [9.17, 15) is 4.79 Å². The number of hydrogen-bond donors (Lipinski definition) is 0. The molecule has 0 atom stereocenters. The molecule has 0 unspecified atom stereocenters. The van der Waals surface area contributed by atoms with Crippen molar-refractivity contribution >= 4 is 28.8 Å². The van der Waals surface area contributed by atoms with Crippen molar-refractivity contribution in [3.05, 3.63) is 81.4 Å². The average molecular weight is 332 g/mol. The highest BCUT2D eigenvalue weighted by atomic mass is 35.5. The summed E-state index contributed by atoms with van der Waals surface area (Å²) in [6.45, 7) is 0.962. The monoisotopic (exact) mass is 331 g/mol. The predicted molar refractivity (Wildman–Crippen MR) is 88.1 cm³/mol. The Balaban J connectivity index is 1.85. The van der Waals surface area contributed by atoms with E-state index in [1.807, 2.05) is 29.0 Å². The van der Waals surface area contributed by atoms with Gasteiger partial charge in [-0.25, -0.2) is 0 Å². The van der Waals surface area contributed by atoms with Crippen LogP contribution in [-0.2, 0) is 13.1 Å². The van der Waals surface area contributed by atoms with Gasteiger partial charge in [-0.05, 0) is 52.7 Å². The predicted octanol–water partition coefficient (Wildman–Crippen LogP) is 4.84. The Morgan fingerprint density at radius 1 is 1.18 bits per heavy atom. The fraction of sp³-hybridized carbons (Fsp3) is 0.118. The van der Waals surface area contributed by atoms with E-state index in [0.29, 0.717) is 23.7 Å². The van der Waals surface area contributed by atoms with Gasteiger partial charge in [-0.1, -0.05) is 17.7 Å². The first-order valence-electron chi connectivity index (χ1n) is 6.80. The fourth-order valence-corrected chi connectivity index (χ4v) is 3.05. The second-order valence-corrected chi connectivity index (χ2v) is 6.10. The molecule has 0 N–H and O–H groups in total. The summed E-state index contributed by atoms with van der Waals surface area (Å²) in [7, 11) is 0. The van der Waals surface area contributed by atoms with Crippen LogP contribution in [0.2, 0.25) is 5.02 Å². The van der Waals surface area contributed by atoms with E-state index in [2.05, 4.69) is 0 Å². The molecule has 0 bridgehead atoms. The summed E-state index contributed by atoms with van der Waals surface area (Å²) in [5, 5.41) is 4.60. The van der Waals surface area contributed by atoms with E-state index in [-0.39, 0.29) is 5.91 Å². The van der Waals surface area contributed by atoms with Crippen LogP contribution in [0.25, 0.3) is 0 Å². The molecular formula is C17H14ClNO2S. The van der Waals surface area contributed by atoms with E-state index >= 15 is 0 Å². The lowest BCUT2D eigenvalue weighted by Gasteiger charge is -2.21. The lowest BCUT2D eigenvalue weighted by atomic mass is 10.2. The second-order valence-electron chi connectivity index (χ2n) is 4.88. The molecule has 1 aromatic carbocycles. The van der Waals surface area contributed by atoms with Crippen LogP contribution in [0.15, 0.2) is 63.9 Å². The maximum absolute atomic E-state index is 12.8. The first kappa shape index (κ1) is 14.9. The number of amides is 1. The van der Waals surface area contributed by atoms with Crippen molar-refractivity contribution in [3.8, 4) is 0 Å². The van der Waals surface area contributed by atoms with E-state index < -0.39 is 0 Å². The topological polar surface area (TPSA) is 33.5 Å². The van der Waals surface area contributed by atoms with Gasteiger partial charge in [0.05, 0.1) is 12.8 Å². The molecule has 2 heterocycles. The standard InChI is InChI=1S/C17H14ClNO2S/c18-15-4-1-3-14(9-15)17(20)19(10-13-6-8-22-12-13)11-16-5-2-7-21-16/h1-9,12H,10-11H2. The van der Waals surface area contributed by atoms with Gasteiger partial charge in [-0.15, -0.1) is 0 Å². The molecule has 3 nitrogen and oxygen atoms in total. The fourth-order valence-electron chi connectivity index (χ4n) is 2.20. The van der Waals surface area contributed by atoms with E-state index in [0.717, 1.165) is 11.3 Å². The minimum absolute atomic E-state index is 0.0647. The molecule has 3 aromatic rings. The Hall–Kier alpha value is -2.04. The van der Waals surface area contributed by atoms with Crippen LogP contribution in [0.3, 0.4) is 0 Å². The maximum Gasteiger partial charge on any atom is 0.254 e. The highest BCUT2D eigenvalue weighted by molar-refractivity contribution is 7.07. The molecule has 0 radical (unpaired) electrons. The summed E-state index contributed by atoms with van der Waals surface area (Å²) in [6.07, 6.45) is 1.61. The highest BCUT2D eigenvalue weighted by Gasteiger charge is 2.18. The molecule has 0 aliphatic heterocycles. The Morgan fingerprint density at radius 2 is 2.09 bits per heavy atom. The van der Waals surface area contributed by atoms with Crippen molar-refractivity contribution in [1.29, 1.82) is 0 Å². The molecule has 0 spiro atoms. The summed E-state index contributed by atoms with van der Waals surface area (Å²) in [6, 6.07) is 12.7. The van der Waals surface area contributed by atoms with Crippen LogP contribution in [0, 0.1) is 0 Å². The minimum Gasteiger partial charge on any atom is -0.467 e. The van der Waals surface area contributed by atoms with Crippen molar-refractivity contribution < 1.29 is 9.21 Å². The molecule has 0 aliphatic rings. The molecule has 22 heavy (non-hydrogen) atoms. The quantitative estimate of drug-likeness (QED) is 0.670. The number of furan rings is 1. The second kappa shape index (κ2) is 6.81. The zero-order valence-corrected chi connectivity index (χ0v) is 13.3. The van der Waals surface area contributed by atoms with Crippen LogP contribution < -0.4 is 0 Å². The number of hydrogen-bond acceptors (Lipinski definition) is 3. The van der Waals surface area contributed by atoms with E-state index in [1.165, 1.54) is 0 Å². The molecule has 0 saturated heterocycles. The van der Waals surface area contributed by atoms with Gasteiger partial charge in [-0.3, -0.25) is 4.79 Å². The van der Waals surface area contributed by atoms with Gasteiger partial charge < -0.3 is 9.32 Å². The number of thiophene rings is 1. The van der Waals surface area contributed by atoms with E-state index in [4.69, 9.17) is 16.0 Å². The number of benzene rings is 1. The number of rotatable bonds is 5. The maximum atomic E-state index is 12.8. The minimum atomic E-state index is -0.0647. The van der Waals surface area contributed by atoms with Gasteiger partial charge in [0.2, 0.25) is 0 Å². The number of halogens is 1. The number of carbonyl (C=O) groups excluding carboxylic acids is 1. The van der Waals surface area contributed by atoms with E-state index in [1.54, 1.807) is 46.8 Å². The van der Waals surface area contributed by atoms with Crippen LogP contribution in [0.5, 0.6) is 0 Å². The molecule has 2 aromatic heterocycles. The normalized spacial score (nSPS) is 10.6. The van der Waals surface area contributed by atoms with Gasteiger partial charge in [0.15, 0.2) is 0 Å². The van der Waals surface area contributed by atoms with Gasteiger partial charge >= 0.3 is 0 Å². The van der Waals surface area contributed by atoms with Crippen LogP contribution in [-0.4, -0.2) is 10.8 Å². The number of carbonyl (C=O) groups is 1. The molecule has 0 saturated carbocycles. The Bertz CT molecular complexity index is 702. The Labute approximate surface area is 137 Å². The lowest BCUT2D eigenvalue weighted by Crippen LogP contribution is -2.29. The van der Waals surface area contributed by atoms with Crippen molar-refractivity contribution in [2.24, 2.45) is 0 Å². The third kappa shape index (κ3) is 3.59. The first-order valence-corrected chi connectivity index (χ1v) is 8.13. The van der Waals surface area contributed by atoms with Gasteiger partial charge in [0.25, 0.3) is 5.91 Å². The Kier molecular flexibility index (Phi) is 4.61. The van der Waals surface area contributed by atoms with Crippen molar-refractivity contribution in [2.75, 3.05) is 0 Å². The van der Waals surface area contributed by atoms with Gasteiger partial charge in [0, 0.05) is 17.1 Å². The SMILES string of the molecule is O=C(c1cccc(Cl)c1)N(Cc1ccsc1)Cc1ccco1. The zero-order valence-electron chi connectivity index (χ0n) is 11.7. The van der Waals surface area contributed by atoms with Crippen LogP contribution >= 0.6 is 22.9 Å². The first-order chi connectivity index (χ1) is 10.7. The van der Waals surface area contributed by atoms with Crippen molar-refractivity contribution in [3.63, 3.8) is 0 Å². The molecular weight excluding hydrogens is 318 g/mol.